The fourth-order valence-corrected chi connectivity index (χ4v) is 3.47. The van der Waals surface area contributed by atoms with E-state index in [2.05, 4.69) is 5.32 Å². The molecule has 0 bridgehead atoms. The average Bonchev–Trinajstić information content (AvgIpc) is 2.97. The SMILES string of the molecule is O=C(NCC(O)c1cc2ccccc2s1)c1ccccc1Cl. The summed E-state index contributed by atoms with van der Waals surface area (Å²) in [5, 5.41) is 14.5. The van der Waals surface area contributed by atoms with Gasteiger partial charge in [0.1, 0.15) is 6.10 Å². The molecule has 1 unspecified atom stereocenters. The highest BCUT2D eigenvalue weighted by Gasteiger charge is 2.14. The van der Waals surface area contributed by atoms with Gasteiger partial charge in [0.25, 0.3) is 5.91 Å². The van der Waals surface area contributed by atoms with E-state index in [-0.39, 0.29) is 12.5 Å². The number of rotatable bonds is 4. The molecule has 3 aromatic rings. The van der Waals surface area contributed by atoms with Crippen LogP contribution in [-0.4, -0.2) is 17.6 Å². The van der Waals surface area contributed by atoms with Crippen molar-refractivity contribution in [2.45, 2.75) is 6.10 Å². The summed E-state index contributed by atoms with van der Waals surface area (Å²) >= 11 is 7.51. The Bertz CT molecular complexity index is 782. The van der Waals surface area contributed by atoms with Gasteiger partial charge in [0, 0.05) is 16.1 Å². The molecule has 1 amide bonds. The van der Waals surface area contributed by atoms with Crippen LogP contribution in [0.1, 0.15) is 21.3 Å². The minimum absolute atomic E-state index is 0.150. The minimum atomic E-state index is -0.733. The summed E-state index contributed by atoms with van der Waals surface area (Å²) in [5.74, 6) is -0.286. The quantitative estimate of drug-likeness (QED) is 0.758. The lowest BCUT2D eigenvalue weighted by atomic mass is 10.2. The first-order valence-electron chi connectivity index (χ1n) is 6.84. The van der Waals surface area contributed by atoms with E-state index in [4.69, 9.17) is 11.6 Å². The number of hydrogen-bond donors (Lipinski definition) is 2. The van der Waals surface area contributed by atoms with Crippen molar-refractivity contribution in [1.82, 2.24) is 5.32 Å². The van der Waals surface area contributed by atoms with Crippen molar-refractivity contribution >= 4 is 38.9 Å². The molecule has 2 N–H and O–H groups in total. The van der Waals surface area contributed by atoms with Crippen molar-refractivity contribution in [1.29, 1.82) is 0 Å². The Hall–Kier alpha value is -1.88. The van der Waals surface area contributed by atoms with Gasteiger partial charge in [-0.2, -0.15) is 0 Å². The highest BCUT2D eigenvalue weighted by atomic mass is 35.5. The van der Waals surface area contributed by atoms with Crippen LogP contribution in [0.5, 0.6) is 0 Å². The van der Waals surface area contributed by atoms with E-state index in [1.807, 2.05) is 30.3 Å². The van der Waals surface area contributed by atoms with Crippen molar-refractivity contribution < 1.29 is 9.90 Å². The zero-order valence-corrected chi connectivity index (χ0v) is 13.2. The van der Waals surface area contributed by atoms with Crippen molar-refractivity contribution in [3.8, 4) is 0 Å². The van der Waals surface area contributed by atoms with Crippen LogP contribution in [0.4, 0.5) is 0 Å². The second-order valence-corrected chi connectivity index (χ2v) is 6.41. The fraction of sp³-hybridized carbons (Fsp3) is 0.118. The molecule has 3 nitrogen and oxygen atoms in total. The maximum absolute atomic E-state index is 12.1. The van der Waals surface area contributed by atoms with Crippen LogP contribution in [-0.2, 0) is 0 Å². The summed E-state index contributed by atoms with van der Waals surface area (Å²) in [4.78, 5) is 12.9. The number of thiophene rings is 1. The van der Waals surface area contributed by atoms with Gasteiger partial charge in [0.2, 0.25) is 0 Å². The molecule has 1 heterocycles. The average molecular weight is 332 g/mol. The standard InChI is InChI=1S/C17H14ClNO2S/c18-13-7-3-2-6-12(13)17(21)19-10-14(20)16-9-11-5-1-4-8-15(11)22-16/h1-9,14,20H,10H2,(H,19,21). The first-order chi connectivity index (χ1) is 10.6. The number of aliphatic hydroxyl groups excluding tert-OH is 1. The van der Waals surface area contributed by atoms with E-state index in [9.17, 15) is 9.90 Å². The number of hydrogen-bond acceptors (Lipinski definition) is 3. The third-order valence-corrected chi connectivity index (χ3v) is 4.89. The van der Waals surface area contributed by atoms with Crippen LogP contribution in [0.3, 0.4) is 0 Å². The zero-order valence-electron chi connectivity index (χ0n) is 11.6. The Morgan fingerprint density at radius 3 is 2.68 bits per heavy atom. The lowest BCUT2D eigenvalue weighted by Gasteiger charge is -2.10. The Labute approximate surface area is 137 Å². The number of amides is 1. The number of halogens is 1. The van der Waals surface area contributed by atoms with Crippen LogP contribution >= 0.6 is 22.9 Å². The highest BCUT2D eigenvalue weighted by Crippen LogP contribution is 2.29. The van der Waals surface area contributed by atoms with Crippen LogP contribution in [0, 0.1) is 0 Å². The van der Waals surface area contributed by atoms with E-state index in [0.717, 1.165) is 15.0 Å². The molecule has 1 atom stereocenters. The first kappa shape index (κ1) is 15.0. The largest absolute Gasteiger partial charge is 0.386 e. The molecule has 22 heavy (non-hydrogen) atoms. The molecular formula is C17H14ClNO2S. The molecule has 2 aromatic carbocycles. The molecule has 0 saturated heterocycles. The number of aliphatic hydroxyl groups is 1. The van der Waals surface area contributed by atoms with E-state index >= 15 is 0 Å². The topological polar surface area (TPSA) is 49.3 Å². The number of fused-ring (bicyclic) bond motifs is 1. The van der Waals surface area contributed by atoms with E-state index in [0.29, 0.717) is 10.6 Å². The van der Waals surface area contributed by atoms with Gasteiger partial charge in [-0.1, -0.05) is 41.9 Å². The molecule has 0 aliphatic rings. The predicted molar refractivity (Wildman–Crippen MR) is 90.6 cm³/mol. The highest BCUT2D eigenvalue weighted by molar-refractivity contribution is 7.19. The van der Waals surface area contributed by atoms with Gasteiger partial charge in [0.05, 0.1) is 10.6 Å². The number of benzene rings is 2. The Morgan fingerprint density at radius 2 is 1.91 bits per heavy atom. The molecular weight excluding hydrogens is 318 g/mol. The molecule has 1 aromatic heterocycles. The molecule has 0 saturated carbocycles. The monoisotopic (exact) mass is 331 g/mol. The molecule has 3 rings (SSSR count). The van der Waals surface area contributed by atoms with Gasteiger partial charge < -0.3 is 10.4 Å². The molecule has 0 aliphatic heterocycles. The Morgan fingerprint density at radius 1 is 1.18 bits per heavy atom. The molecule has 0 fully saturated rings. The van der Waals surface area contributed by atoms with Crippen LogP contribution in [0.25, 0.3) is 10.1 Å². The summed E-state index contributed by atoms with van der Waals surface area (Å²) < 4.78 is 1.12. The molecule has 112 valence electrons. The second-order valence-electron chi connectivity index (χ2n) is 4.89. The summed E-state index contributed by atoms with van der Waals surface area (Å²) in [6.07, 6.45) is -0.733. The second kappa shape index (κ2) is 6.48. The lowest BCUT2D eigenvalue weighted by Crippen LogP contribution is -2.28. The lowest BCUT2D eigenvalue weighted by molar-refractivity contribution is 0.0918. The van der Waals surface area contributed by atoms with Crippen LogP contribution < -0.4 is 5.32 Å². The number of carbonyl (C=O) groups is 1. The molecule has 5 heteroatoms. The van der Waals surface area contributed by atoms with Crippen molar-refractivity contribution in [2.24, 2.45) is 0 Å². The van der Waals surface area contributed by atoms with Crippen molar-refractivity contribution in [2.75, 3.05) is 6.54 Å². The Balaban J connectivity index is 1.68. The van der Waals surface area contributed by atoms with Crippen LogP contribution in [0.15, 0.2) is 54.6 Å². The van der Waals surface area contributed by atoms with Gasteiger partial charge >= 0.3 is 0 Å². The minimum Gasteiger partial charge on any atom is -0.386 e. The van der Waals surface area contributed by atoms with Crippen molar-refractivity contribution in [3.63, 3.8) is 0 Å². The third kappa shape index (κ3) is 3.14. The third-order valence-electron chi connectivity index (χ3n) is 3.35. The molecule has 0 aliphatic carbocycles. The van der Waals surface area contributed by atoms with Gasteiger partial charge in [0.15, 0.2) is 0 Å². The fourth-order valence-electron chi connectivity index (χ4n) is 2.20. The van der Waals surface area contributed by atoms with Gasteiger partial charge in [-0.05, 0) is 29.7 Å². The summed E-state index contributed by atoms with van der Waals surface area (Å²) in [6, 6.07) is 16.7. The number of nitrogens with one attached hydrogen (secondary N) is 1. The smallest absolute Gasteiger partial charge is 0.252 e. The Kier molecular flexibility index (Phi) is 4.43. The summed E-state index contributed by atoms with van der Waals surface area (Å²) in [5.41, 5.74) is 0.410. The summed E-state index contributed by atoms with van der Waals surface area (Å²) in [6.45, 7) is 0.150. The number of carbonyl (C=O) groups excluding carboxylic acids is 1. The first-order valence-corrected chi connectivity index (χ1v) is 8.04. The van der Waals surface area contributed by atoms with Gasteiger partial charge in [-0.3, -0.25) is 4.79 Å². The maximum atomic E-state index is 12.1. The molecule has 0 radical (unpaired) electrons. The van der Waals surface area contributed by atoms with E-state index in [1.165, 1.54) is 11.3 Å². The zero-order chi connectivity index (χ0) is 15.5. The predicted octanol–water partition coefficient (Wildman–Crippen LogP) is 4.02. The van der Waals surface area contributed by atoms with E-state index < -0.39 is 6.10 Å². The van der Waals surface area contributed by atoms with E-state index in [1.54, 1.807) is 24.3 Å². The summed E-state index contributed by atoms with van der Waals surface area (Å²) in [7, 11) is 0. The normalized spacial score (nSPS) is 12.3. The molecule has 0 spiro atoms. The maximum Gasteiger partial charge on any atom is 0.252 e. The van der Waals surface area contributed by atoms with Gasteiger partial charge in [-0.25, -0.2) is 0 Å². The van der Waals surface area contributed by atoms with Crippen molar-refractivity contribution in [3.05, 3.63) is 70.1 Å². The van der Waals surface area contributed by atoms with Gasteiger partial charge in [-0.15, -0.1) is 11.3 Å². The van der Waals surface area contributed by atoms with Crippen LogP contribution in [0.2, 0.25) is 5.02 Å².